The van der Waals surface area contributed by atoms with Gasteiger partial charge in [0.25, 0.3) is 0 Å². The zero-order valence-corrected chi connectivity index (χ0v) is 13.1. The molecule has 3 aromatic rings. The molecule has 21 heavy (non-hydrogen) atoms. The number of rotatable bonds is 5. The first-order valence-electron chi connectivity index (χ1n) is 7.85. The predicted octanol–water partition coefficient (Wildman–Crippen LogP) is 5.03. The molecule has 1 aromatic heterocycles. The molecule has 0 bridgehead atoms. The van der Waals surface area contributed by atoms with Crippen LogP contribution in [-0.2, 0) is 0 Å². The summed E-state index contributed by atoms with van der Waals surface area (Å²) < 4.78 is 2.01. The molecule has 0 amide bonds. The van der Waals surface area contributed by atoms with Crippen molar-refractivity contribution in [3.8, 4) is 0 Å². The van der Waals surface area contributed by atoms with Crippen molar-refractivity contribution in [2.45, 2.75) is 40.0 Å². The topological polar surface area (TPSA) is 14.2 Å². The van der Waals surface area contributed by atoms with Gasteiger partial charge < -0.3 is 4.84 Å². The van der Waals surface area contributed by atoms with Crippen molar-refractivity contribution < 1.29 is 4.84 Å². The maximum absolute atomic E-state index is 6.07. The maximum Gasteiger partial charge on any atom is 0.115 e. The molecule has 2 aromatic carbocycles. The van der Waals surface area contributed by atoms with Crippen LogP contribution in [0.3, 0.4) is 0 Å². The van der Waals surface area contributed by atoms with E-state index in [4.69, 9.17) is 4.84 Å². The van der Waals surface area contributed by atoms with Crippen molar-refractivity contribution in [1.29, 1.82) is 0 Å². The number of unbranched alkanes of at least 4 members (excludes halogenated alkanes) is 2. The largest absolute Gasteiger partial charge is 0.413 e. The summed E-state index contributed by atoms with van der Waals surface area (Å²) in [4.78, 5) is 6.07. The van der Waals surface area contributed by atoms with Crippen LogP contribution in [0.1, 0.15) is 37.3 Å². The van der Waals surface area contributed by atoms with Crippen LogP contribution in [0.25, 0.3) is 21.8 Å². The maximum atomic E-state index is 6.07. The van der Waals surface area contributed by atoms with Crippen LogP contribution in [0.2, 0.25) is 0 Å². The highest BCUT2D eigenvalue weighted by Crippen LogP contribution is 2.29. The lowest BCUT2D eigenvalue weighted by molar-refractivity contribution is 0.126. The summed E-state index contributed by atoms with van der Waals surface area (Å²) in [7, 11) is 0. The standard InChI is InChI=1S/C19H23NO/c1-4-5-6-11-21-20-18-9-7-14(2)12-16(18)17-13-15(3)8-10-19(17)20/h7-10,12-13H,4-6,11H2,1-3H3. The van der Waals surface area contributed by atoms with Crippen molar-refractivity contribution in [2.24, 2.45) is 0 Å². The van der Waals surface area contributed by atoms with E-state index in [1.54, 1.807) is 0 Å². The molecule has 0 aliphatic heterocycles. The molecule has 110 valence electrons. The molecule has 0 spiro atoms. The van der Waals surface area contributed by atoms with Gasteiger partial charge in [-0.3, -0.25) is 0 Å². The Labute approximate surface area is 126 Å². The summed E-state index contributed by atoms with van der Waals surface area (Å²) in [5, 5.41) is 2.56. The minimum atomic E-state index is 0.772. The van der Waals surface area contributed by atoms with E-state index in [1.165, 1.54) is 34.7 Å². The summed E-state index contributed by atoms with van der Waals surface area (Å²) >= 11 is 0. The Morgan fingerprint density at radius 1 is 0.857 bits per heavy atom. The summed E-state index contributed by atoms with van der Waals surface area (Å²) in [5.41, 5.74) is 4.90. The van der Waals surface area contributed by atoms with E-state index in [0.29, 0.717) is 0 Å². The summed E-state index contributed by atoms with van der Waals surface area (Å²) in [6, 6.07) is 13.1. The zero-order chi connectivity index (χ0) is 14.8. The van der Waals surface area contributed by atoms with Crippen LogP contribution >= 0.6 is 0 Å². The minimum absolute atomic E-state index is 0.772. The highest BCUT2D eigenvalue weighted by Gasteiger charge is 2.11. The first kappa shape index (κ1) is 14.0. The molecule has 3 rings (SSSR count). The average molecular weight is 281 g/mol. The van der Waals surface area contributed by atoms with Crippen LogP contribution in [0, 0.1) is 13.8 Å². The molecular formula is C19H23NO. The van der Waals surface area contributed by atoms with Crippen molar-refractivity contribution in [3.05, 3.63) is 47.5 Å². The fourth-order valence-electron chi connectivity index (χ4n) is 2.86. The van der Waals surface area contributed by atoms with Crippen LogP contribution in [0.5, 0.6) is 0 Å². The van der Waals surface area contributed by atoms with E-state index in [1.807, 2.05) is 4.73 Å². The lowest BCUT2D eigenvalue weighted by atomic mass is 10.1. The Bertz CT molecular complexity index is 711. The molecule has 0 unspecified atom stereocenters. The van der Waals surface area contributed by atoms with Gasteiger partial charge >= 0.3 is 0 Å². The van der Waals surface area contributed by atoms with E-state index in [0.717, 1.165) is 24.1 Å². The Kier molecular flexibility index (Phi) is 3.87. The Morgan fingerprint density at radius 3 is 1.95 bits per heavy atom. The van der Waals surface area contributed by atoms with Gasteiger partial charge in [0.2, 0.25) is 0 Å². The first-order valence-corrected chi connectivity index (χ1v) is 7.85. The van der Waals surface area contributed by atoms with E-state index in [2.05, 4.69) is 57.2 Å². The first-order chi connectivity index (χ1) is 10.2. The second kappa shape index (κ2) is 5.80. The Hall–Kier alpha value is -1.96. The third kappa shape index (κ3) is 2.63. The molecule has 2 nitrogen and oxygen atoms in total. The lowest BCUT2D eigenvalue weighted by Gasteiger charge is -2.09. The Morgan fingerprint density at radius 2 is 1.43 bits per heavy atom. The summed E-state index contributed by atoms with van der Waals surface area (Å²) in [6.45, 7) is 7.27. The molecule has 0 aliphatic rings. The van der Waals surface area contributed by atoms with Gasteiger partial charge in [-0.2, -0.15) is 4.73 Å². The molecule has 0 aliphatic carbocycles. The van der Waals surface area contributed by atoms with E-state index < -0.39 is 0 Å². The Balaban J connectivity index is 2.11. The second-order valence-electron chi connectivity index (χ2n) is 5.88. The monoisotopic (exact) mass is 281 g/mol. The zero-order valence-electron chi connectivity index (χ0n) is 13.1. The van der Waals surface area contributed by atoms with Crippen LogP contribution in [0.15, 0.2) is 36.4 Å². The van der Waals surface area contributed by atoms with E-state index in [-0.39, 0.29) is 0 Å². The molecule has 0 atom stereocenters. The quantitative estimate of drug-likeness (QED) is 0.598. The number of hydrogen-bond acceptors (Lipinski definition) is 1. The summed E-state index contributed by atoms with van der Waals surface area (Å²) in [6.07, 6.45) is 3.54. The van der Waals surface area contributed by atoms with Gasteiger partial charge in [-0.1, -0.05) is 43.0 Å². The van der Waals surface area contributed by atoms with E-state index in [9.17, 15) is 0 Å². The molecular weight excluding hydrogens is 258 g/mol. The van der Waals surface area contributed by atoms with E-state index >= 15 is 0 Å². The molecule has 0 radical (unpaired) electrons. The van der Waals surface area contributed by atoms with Gasteiger partial charge in [-0.05, 0) is 44.5 Å². The SMILES string of the molecule is CCCCCOn1c2ccc(C)cc2c2cc(C)ccc21. The van der Waals surface area contributed by atoms with Gasteiger partial charge in [0.1, 0.15) is 6.61 Å². The minimum Gasteiger partial charge on any atom is -0.413 e. The highest BCUT2D eigenvalue weighted by atomic mass is 16.7. The number of hydrogen-bond donors (Lipinski definition) is 0. The summed E-state index contributed by atoms with van der Waals surface area (Å²) in [5.74, 6) is 0. The van der Waals surface area contributed by atoms with Crippen LogP contribution in [0.4, 0.5) is 0 Å². The van der Waals surface area contributed by atoms with Crippen molar-refractivity contribution in [3.63, 3.8) is 0 Å². The number of aryl methyl sites for hydroxylation is 2. The lowest BCUT2D eigenvalue weighted by Crippen LogP contribution is -2.12. The number of benzene rings is 2. The third-order valence-corrected chi connectivity index (χ3v) is 4.00. The smallest absolute Gasteiger partial charge is 0.115 e. The molecule has 0 saturated carbocycles. The van der Waals surface area contributed by atoms with Crippen LogP contribution < -0.4 is 4.84 Å². The van der Waals surface area contributed by atoms with Crippen LogP contribution in [-0.4, -0.2) is 11.3 Å². The third-order valence-electron chi connectivity index (χ3n) is 4.00. The van der Waals surface area contributed by atoms with Gasteiger partial charge in [0, 0.05) is 10.8 Å². The average Bonchev–Trinajstić information content (AvgIpc) is 2.77. The van der Waals surface area contributed by atoms with Gasteiger partial charge in [0.15, 0.2) is 0 Å². The number of fused-ring (bicyclic) bond motifs is 3. The molecule has 0 fully saturated rings. The van der Waals surface area contributed by atoms with Crippen molar-refractivity contribution in [2.75, 3.05) is 6.61 Å². The molecule has 0 saturated heterocycles. The molecule has 1 heterocycles. The molecule has 2 heteroatoms. The van der Waals surface area contributed by atoms with Crippen molar-refractivity contribution >= 4 is 21.8 Å². The highest BCUT2D eigenvalue weighted by molar-refractivity contribution is 6.08. The second-order valence-corrected chi connectivity index (χ2v) is 5.88. The number of nitrogens with zero attached hydrogens (tertiary/aromatic N) is 1. The fraction of sp³-hybridized carbons (Fsp3) is 0.368. The number of aromatic nitrogens is 1. The van der Waals surface area contributed by atoms with Crippen molar-refractivity contribution in [1.82, 2.24) is 4.73 Å². The fourth-order valence-corrected chi connectivity index (χ4v) is 2.86. The van der Waals surface area contributed by atoms with Gasteiger partial charge in [-0.25, -0.2) is 0 Å². The normalized spacial score (nSPS) is 11.4. The predicted molar refractivity (Wildman–Crippen MR) is 89.9 cm³/mol. The van der Waals surface area contributed by atoms with Gasteiger partial charge in [-0.15, -0.1) is 0 Å². The van der Waals surface area contributed by atoms with Gasteiger partial charge in [0.05, 0.1) is 11.0 Å². The molecule has 0 N–H and O–H groups in total.